The Labute approximate surface area is 87.3 Å². The van der Waals surface area contributed by atoms with E-state index in [-0.39, 0.29) is 11.1 Å². The third kappa shape index (κ3) is 2.67. The van der Waals surface area contributed by atoms with Gasteiger partial charge in [0.05, 0.1) is 11.1 Å². The fourth-order valence-electron chi connectivity index (χ4n) is 1.13. The Morgan fingerprint density at radius 1 is 1.07 bits per heavy atom. The number of allylic oxidation sites excluding steroid dienone is 4. The van der Waals surface area contributed by atoms with Crippen LogP contribution in [0.5, 0.6) is 0 Å². The molecule has 0 atom stereocenters. The number of hydrogen-bond donors (Lipinski definition) is 2. The van der Waals surface area contributed by atoms with Crippen molar-refractivity contribution in [2.75, 3.05) is 7.05 Å². The summed E-state index contributed by atoms with van der Waals surface area (Å²) in [5.41, 5.74) is 0.126. The molecule has 0 unspecified atom stereocenters. The number of carboxylic acids is 1. The molecular weight excluding hydrogens is 194 g/mol. The zero-order valence-corrected chi connectivity index (χ0v) is 8.23. The quantitative estimate of drug-likeness (QED) is 0.700. The van der Waals surface area contributed by atoms with Crippen molar-refractivity contribution in [1.82, 2.24) is 5.32 Å². The van der Waals surface area contributed by atoms with Crippen LogP contribution in [-0.4, -0.2) is 24.0 Å². The topological polar surface area (TPSA) is 66.4 Å². The van der Waals surface area contributed by atoms with Gasteiger partial charge in [-0.1, -0.05) is 24.3 Å². The minimum atomic E-state index is -1.12. The van der Waals surface area contributed by atoms with Crippen molar-refractivity contribution in [2.24, 2.45) is 0 Å². The summed E-state index contributed by atoms with van der Waals surface area (Å²) >= 11 is 0. The molecule has 0 bridgehead atoms. The first-order chi connectivity index (χ1) is 7.16. The lowest BCUT2D eigenvalue weighted by Crippen LogP contribution is -2.22. The van der Waals surface area contributed by atoms with Gasteiger partial charge in [-0.05, 0) is 12.2 Å². The van der Waals surface area contributed by atoms with Gasteiger partial charge in [-0.15, -0.1) is 0 Å². The maximum atomic E-state index is 11.4. The normalized spacial score (nSPS) is 14.7. The van der Waals surface area contributed by atoms with Gasteiger partial charge in [0.2, 0.25) is 0 Å². The molecule has 1 amide bonds. The lowest BCUT2D eigenvalue weighted by molar-refractivity contribution is -0.132. The molecule has 0 saturated heterocycles. The third-order valence-corrected chi connectivity index (χ3v) is 1.85. The molecule has 0 spiro atoms. The molecule has 1 aliphatic carbocycles. The molecule has 0 radical (unpaired) electrons. The Bertz CT molecular complexity index is 400. The van der Waals surface area contributed by atoms with Crippen molar-refractivity contribution >= 4 is 11.9 Å². The second-order valence-electron chi connectivity index (χ2n) is 2.81. The van der Waals surface area contributed by atoms with E-state index in [4.69, 9.17) is 5.11 Å². The summed E-state index contributed by atoms with van der Waals surface area (Å²) in [7, 11) is 1.46. The van der Waals surface area contributed by atoms with Crippen molar-refractivity contribution in [2.45, 2.75) is 0 Å². The van der Waals surface area contributed by atoms with E-state index in [9.17, 15) is 9.59 Å². The Morgan fingerprint density at radius 2 is 1.60 bits per heavy atom. The number of carboxylic acid groups (broad SMARTS) is 1. The van der Waals surface area contributed by atoms with Crippen molar-refractivity contribution in [3.05, 3.63) is 47.6 Å². The van der Waals surface area contributed by atoms with Gasteiger partial charge >= 0.3 is 5.97 Å². The summed E-state index contributed by atoms with van der Waals surface area (Å²) in [6.07, 6.45) is 9.49. The smallest absolute Gasteiger partial charge is 0.336 e. The zero-order chi connectivity index (χ0) is 11.3. The maximum absolute atomic E-state index is 11.4. The van der Waals surface area contributed by atoms with Crippen molar-refractivity contribution in [3.8, 4) is 0 Å². The summed E-state index contributed by atoms with van der Waals surface area (Å²) in [6.45, 7) is 0. The number of rotatable bonds is 2. The van der Waals surface area contributed by atoms with E-state index in [1.807, 2.05) is 0 Å². The average molecular weight is 205 g/mol. The predicted molar refractivity (Wildman–Crippen MR) is 56.1 cm³/mol. The summed E-state index contributed by atoms with van der Waals surface area (Å²) in [5, 5.41) is 11.3. The number of nitrogens with one attached hydrogen (secondary N) is 1. The molecule has 78 valence electrons. The summed E-state index contributed by atoms with van der Waals surface area (Å²) in [4.78, 5) is 22.3. The largest absolute Gasteiger partial charge is 0.478 e. The highest BCUT2D eigenvalue weighted by atomic mass is 16.4. The van der Waals surface area contributed by atoms with Gasteiger partial charge in [0, 0.05) is 7.05 Å². The minimum Gasteiger partial charge on any atom is -0.478 e. The number of hydrogen-bond acceptors (Lipinski definition) is 2. The van der Waals surface area contributed by atoms with Crippen molar-refractivity contribution in [3.63, 3.8) is 0 Å². The van der Waals surface area contributed by atoms with Crippen LogP contribution in [0.2, 0.25) is 0 Å². The van der Waals surface area contributed by atoms with Crippen LogP contribution in [0.15, 0.2) is 47.6 Å². The SMILES string of the molecule is CNC(=O)C1=C(C(=O)O)C=CC=CC=C1. The van der Waals surface area contributed by atoms with Crippen LogP contribution >= 0.6 is 0 Å². The van der Waals surface area contributed by atoms with Gasteiger partial charge in [-0.2, -0.15) is 0 Å². The molecule has 2 N–H and O–H groups in total. The van der Waals surface area contributed by atoms with E-state index < -0.39 is 11.9 Å². The first-order valence-corrected chi connectivity index (χ1v) is 4.38. The van der Waals surface area contributed by atoms with E-state index in [1.54, 1.807) is 24.3 Å². The fourth-order valence-corrected chi connectivity index (χ4v) is 1.13. The molecule has 0 heterocycles. The summed E-state index contributed by atoms with van der Waals surface area (Å²) < 4.78 is 0. The molecule has 1 rings (SSSR count). The highest BCUT2D eigenvalue weighted by Crippen LogP contribution is 2.11. The predicted octanol–water partition coefficient (Wildman–Crippen LogP) is 0.796. The van der Waals surface area contributed by atoms with E-state index in [0.29, 0.717) is 0 Å². The van der Waals surface area contributed by atoms with E-state index in [1.165, 1.54) is 19.2 Å². The molecule has 4 nitrogen and oxygen atoms in total. The standard InChI is InChI=1S/C11H11NO3/c1-12-10(13)8-6-4-2-3-5-7-9(8)11(14)15/h2-7H,1H3,(H,12,13)(H,14,15). The molecular formula is C11H11NO3. The van der Waals surface area contributed by atoms with Crippen LogP contribution in [0.1, 0.15) is 0 Å². The first kappa shape index (κ1) is 11.0. The lowest BCUT2D eigenvalue weighted by atomic mass is 10.0. The molecule has 1 aliphatic rings. The second-order valence-corrected chi connectivity index (χ2v) is 2.81. The molecule has 4 heteroatoms. The molecule has 15 heavy (non-hydrogen) atoms. The highest BCUT2D eigenvalue weighted by Gasteiger charge is 2.15. The maximum Gasteiger partial charge on any atom is 0.336 e. The summed E-state index contributed by atoms with van der Waals surface area (Å²) in [5.74, 6) is -1.53. The fraction of sp³-hybridized carbons (Fsp3) is 0.0909. The molecule has 0 aliphatic heterocycles. The lowest BCUT2D eigenvalue weighted by Gasteiger charge is -2.04. The van der Waals surface area contributed by atoms with Gasteiger partial charge in [-0.3, -0.25) is 4.79 Å². The number of aliphatic carboxylic acids is 1. The van der Waals surface area contributed by atoms with Gasteiger partial charge in [-0.25, -0.2) is 4.79 Å². The number of carbonyl (C=O) groups is 2. The molecule has 0 fully saturated rings. The third-order valence-electron chi connectivity index (χ3n) is 1.85. The van der Waals surface area contributed by atoms with Crippen molar-refractivity contribution < 1.29 is 14.7 Å². The zero-order valence-electron chi connectivity index (χ0n) is 8.23. The number of likely N-dealkylation sites (N-methyl/N-ethyl adjacent to an activating group) is 1. The Hall–Kier alpha value is -2.10. The van der Waals surface area contributed by atoms with Gasteiger partial charge in [0.25, 0.3) is 5.91 Å². The van der Waals surface area contributed by atoms with E-state index >= 15 is 0 Å². The van der Waals surface area contributed by atoms with Gasteiger partial charge in [0.15, 0.2) is 0 Å². The van der Waals surface area contributed by atoms with Gasteiger partial charge < -0.3 is 10.4 Å². The molecule has 0 aromatic carbocycles. The first-order valence-electron chi connectivity index (χ1n) is 4.38. The Morgan fingerprint density at radius 3 is 2.07 bits per heavy atom. The van der Waals surface area contributed by atoms with Crippen LogP contribution in [0, 0.1) is 0 Å². The van der Waals surface area contributed by atoms with Crippen LogP contribution in [-0.2, 0) is 9.59 Å². The molecule has 0 aromatic heterocycles. The van der Waals surface area contributed by atoms with E-state index in [2.05, 4.69) is 5.32 Å². The van der Waals surface area contributed by atoms with Crippen LogP contribution in [0.25, 0.3) is 0 Å². The molecule has 0 aromatic rings. The minimum absolute atomic E-state index is 0.0186. The van der Waals surface area contributed by atoms with Crippen LogP contribution in [0.3, 0.4) is 0 Å². The van der Waals surface area contributed by atoms with E-state index in [0.717, 1.165) is 0 Å². The highest BCUT2D eigenvalue weighted by molar-refractivity contribution is 6.05. The summed E-state index contributed by atoms with van der Waals surface area (Å²) in [6, 6.07) is 0. The van der Waals surface area contributed by atoms with Crippen LogP contribution in [0.4, 0.5) is 0 Å². The Kier molecular flexibility index (Phi) is 3.62. The monoisotopic (exact) mass is 205 g/mol. The average Bonchev–Trinajstić information content (AvgIpc) is 2.16. The number of amides is 1. The Balaban J connectivity index is 3.25. The number of carbonyl (C=O) groups excluding carboxylic acids is 1. The van der Waals surface area contributed by atoms with Crippen LogP contribution < -0.4 is 5.32 Å². The van der Waals surface area contributed by atoms with Gasteiger partial charge in [0.1, 0.15) is 0 Å². The second kappa shape index (κ2) is 4.95. The van der Waals surface area contributed by atoms with Crippen molar-refractivity contribution in [1.29, 1.82) is 0 Å². The molecule has 0 saturated carbocycles.